The van der Waals surface area contributed by atoms with Gasteiger partial charge in [-0.15, -0.1) is 0 Å². The Balaban J connectivity index is 1.92. The van der Waals surface area contributed by atoms with Crippen molar-refractivity contribution in [3.8, 4) is 0 Å². The van der Waals surface area contributed by atoms with Crippen molar-refractivity contribution in [3.63, 3.8) is 0 Å². The molecule has 100 valence electrons. The van der Waals surface area contributed by atoms with Crippen molar-refractivity contribution < 1.29 is 0 Å². The van der Waals surface area contributed by atoms with Crippen LogP contribution in [0.1, 0.15) is 17.9 Å². The molecule has 1 heterocycles. The molecule has 0 amide bonds. The lowest BCUT2D eigenvalue weighted by Crippen LogP contribution is -2.33. The zero-order chi connectivity index (χ0) is 13.0. The first kappa shape index (κ1) is 13.9. The monoisotopic (exact) mass is 264 g/mol. The molecular weight excluding hydrogens is 240 g/mol. The molecule has 0 N–H and O–H groups in total. The Morgan fingerprint density at radius 1 is 1.33 bits per heavy atom. The summed E-state index contributed by atoms with van der Waals surface area (Å²) in [5.41, 5.74) is 1.42. The molecule has 18 heavy (non-hydrogen) atoms. The minimum Gasteiger partial charge on any atom is -0.305 e. The highest BCUT2D eigenvalue weighted by Crippen LogP contribution is 2.22. The quantitative estimate of drug-likeness (QED) is 0.816. The molecule has 2 unspecified atom stereocenters. The minimum atomic E-state index is 0.551. The Kier molecular flexibility index (Phi) is 5.10. The van der Waals surface area contributed by atoms with E-state index in [1.165, 1.54) is 25.1 Å². The lowest BCUT2D eigenvalue weighted by atomic mass is 10.0. The van der Waals surface area contributed by atoms with Crippen molar-refractivity contribution in [2.24, 2.45) is 0 Å². The molecule has 0 radical (unpaired) electrons. The maximum atomic E-state index is 4.53. The van der Waals surface area contributed by atoms with Gasteiger partial charge in [0, 0.05) is 25.0 Å². The Bertz CT molecular complexity index is 353. The Hall–Kier alpha value is -0.510. The van der Waals surface area contributed by atoms with E-state index in [-0.39, 0.29) is 0 Å². The summed E-state index contributed by atoms with van der Waals surface area (Å²) < 4.78 is 0. The van der Waals surface area contributed by atoms with Gasteiger partial charge in [0.2, 0.25) is 0 Å². The summed E-state index contributed by atoms with van der Waals surface area (Å²) in [6.45, 7) is 3.56. The zero-order valence-corrected chi connectivity index (χ0v) is 12.3. The Labute approximate surface area is 116 Å². The summed E-state index contributed by atoms with van der Waals surface area (Å²) in [5.74, 6) is 1.48. The standard InChI is InChI=1S/C15H24N2S/c1-16(2)15-8-9-17(11-15)10-14(12-18)13-6-4-3-5-7-13/h3-7,14-15,18H,8-12H2,1-2H3. The van der Waals surface area contributed by atoms with Crippen molar-refractivity contribution in [1.82, 2.24) is 9.80 Å². The summed E-state index contributed by atoms with van der Waals surface area (Å²) in [6, 6.07) is 11.5. The highest BCUT2D eigenvalue weighted by molar-refractivity contribution is 7.80. The number of hydrogen-bond acceptors (Lipinski definition) is 3. The smallest absolute Gasteiger partial charge is 0.0229 e. The number of likely N-dealkylation sites (tertiary alicyclic amines) is 1. The van der Waals surface area contributed by atoms with E-state index >= 15 is 0 Å². The third-order valence-electron chi connectivity index (χ3n) is 3.95. The van der Waals surface area contributed by atoms with E-state index < -0.39 is 0 Å². The fourth-order valence-corrected chi connectivity index (χ4v) is 3.03. The van der Waals surface area contributed by atoms with E-state index in [0.29, 0.717) is 5.92 Å². The van der Waals surface area contributed by atoms with Gasteiger partial charge in [-0.1, -0.05) is 30.3 Å². The summed E-state index contributed by atoms with van der Waals surface area (Å²) >= 11 is 4.53. The third-order valence-corrected chi connectivity index (χ3v) is 4.39. The van der Waals surface area contributed by atoms with Crippen LogP contribution >= 0.6 is 12.6 Å². The molecule has 1 aliphatic heterocycles. The van der Waals surface area contributed by atoms with Gasteiger partial charge < -0.3 is 9.80 Å². The second kappa shape index (κ2) is 6.60. The van der Waals surface area contributed by atoms with Crippen LogP contribution in [0, 0.1) is 0 Å². The number of nitrogens with zero attached hydrogens (tertiary/aromatic N) is 2. The Morgan fingerprint density at radius 2 is 2.06 bits per heavy atom. The first-order valence-electron chi connectivity index (χ1n) is 6.75. The normalized spacial score (nSPS) is 22.6. The van der Waals surface area contributed by atoms with Crippen LogP contribution in [0.4, 0.5) is 0 Å². The summed E-state index contributed by atoms with van der Waals surface area (Å²) in [5, 5.41) is 0. The molecule has 1 saturated heterocycles. The SMILES string of the molecule is CN(C)C1CCN(CC(CS)c2ccccc2)C1. The fourth-order valence-electron chi connectivity index (χ4n) is 2.70. The molecule has 0 aliphatic carbocycles. The number of rotatable bonds is 5. The van der Waals surface area contributed by atoms with Gasteiger partial charge in [-0.05, 0) is 38.4 Å². The first-order valence-corrected chi connectivity index (χ1v) is 7.38. The first-order chi connectivity index (χ1) is 8.70. The van der Waals surface area contributed by atoms with Crippen LogP contribution in [0.2, 0.25) is 0 Å². The maximum absolute atomic E-state index is 4.53. The second-order valence-electron chi connectivity index (χ2n) is 5.46. The zero-order valence-electron chi connectivity index (χ0n) is 11.4. The number of benzene rings is 1. The molecule has 1 aliphatic rings. The number of hydrogen-bond donors (Lipinski definition) is 1. The Morgan fingerprint density at radius 3 is 2.61 bits per heavy atom. The number of thiol groups is 1. The fraction of sp³-hybridized carbons (Fsp3) is 0.600. The van der Waals surface area contributed by atoms with Gasteiger partial charge in [-0.25, -0.2) is 0 Å². The van der Waals surface area contributed by atoms with Crippen molar-refractivity contribution in [2.75, 3.05) is 39.5 Å². The van der Waals surface area contributed by atoms with E-state index in [0.717, 1.165) is 18.3 Å². The number of likely N-dealkylation sites (N-methyl/N-ethyl adjacent to an activating group) is 1. The predicted octanol–water partition coefficient (Wildman–Crippen LogP) is 2.34. The van der Waals surface area contributed by atoms with Crippen molar-refractivity contribution in [1.29, 1.82) is 0 Å². The van der Waals surface area contributed by atoms with Gasteiger partial charge in [-0.3, -0.25) is 0 Å². The van der Waals surface area contributed by atoms with E-state index in [1.807, 2.05) is 0 Å². The molecule has 2 nitrogen and oxygen atoms in total. The molecule has 3 heteroatoms. The van der Waals surface area contributed by atoms with Gasteiger partial charge in [0.05, 0.1) is 0 Å². The van der Waals surface area contributed by atoms with E-state index in [1.54, 1.807) is 0 Å². The summed E-state index contributed by atoms with van der Waals surface area (Å²) in [4.78, 5) is 4.93. The van der Waals surface area contributed by atoms with Crippen LogP contribution in [-0.4, -0.2) is 55.3 Å². The molecular formula is C15H24N2S. The molecule has 1 aromatic rings. The summed E-state index contributed by atoms with van der Waals surface area (Å²) in [6.07, 6.45) is 1.29. The van der Waals surface area contributed by atoms with E-state index in [4.69, 9.17) is 0 Å². The van der Waals surface area contributed by atoms with Crippen LogP contribution in [0.3, 0.4) is 0 Å². The van der Waals surface area contributed by atoms with Crippen LogP contribution in [0.5, 0.6) is 0 Å². The van der Waals surface area contributed by atoms with Crippen LogP contribution < -0.4 is 0 Å². The second-order valence-corrected chi connectivity index (χ2v) is 5.82. The largest absolute Gasteiger partial charge is 0.305 e. The molecule has 0 spiro atoms. The van der Waals surface area contributed by atoms with Crippen LogP contribution in [0.25, 0.3) is 0 Å². The van der Waals surface area contributed by atoms with Gasteiger partial charge in [0.15, 0.2) is 0 Å². The van der Waals surface area contributed by atoms with Gasteiger partial charge in [0.25, 0.3) is 0 Å². The van der Waals surface area contributed by atoms with E-state index in [9.17, 15) is 0 Å². The highest BCUT2D eigenvalue weighted by Gasteiger charge is 2.25. The molecule has 2 atom stereocenters. The molecule has 1 fully saturated rings. The third kappa shape index (κ3) is 3.50. The lowest BCUT2D eigenvalue weighted by molar-refractivity contribution is 0.263. The molecule has 1 aromatic carbocycles. The molecule has 0 bridgehead atoms. The molecule has 0 aromatic heterocycles. The average molecular weight is 264 g/mol. The van der Waals surface area contributed by atoms with Gasteiger partial charge >= 0.3 is 0 Å². The predicted molar refractivity (Wildman–Crippen MR) is 81.6 cm³/mol. The van der Waals surface area contributed by atoms with Crippen molar-refractivity contribution in [3.05, 3.63) is 35.9 Å². The highest BCUT2D eigenvalue weighted by atomic mass is 32.1. The van der Waals surface area contributed by atoms with E-state index in [2.05, 4.69) is 66.9 Å². The average Bonchev–Trinajstić information content (AvgIpc) is 2.86. The summed E-state index contributed by atoms with van der Waals surface area (Å²) in [7, 11) is 4.36. The lowest BCUT2D eigenvalue weighted by Gasteiger charge is -2.24. The van der Waals surface area contributed by atoms with Gasteiger partial charge in [0.1, 0.15) is 0 Å². The molecule has 0 saturated carbocycles. The molecule has 2 rings (SSSR count). The topological polar surface area (TPSA) is 6.48 Å². The van der Waals surface area contributed by atoms with Crippen molar-refractivity contribution in [2.45, 2.75) is 18.4 Å². The minimum absolute atomic E-state index is 0.551. The van der Waals surface area contributed by atoms with Gasteiger partial charge in [-0.2, -0.15) is 12.6 Å². The maximum Gasteiger partial charge on any atom is 0.0229 e. The van der Waals surface area contributed by atoms with Crippen LogP contribution in [0.15, 0.2) is 30.3 Å². The van der Waals surface area contributed by atoms with Crippen LogP contribution in [-0.2, 0) is 0 Å². The van der Waals surface area contributed by atoms with Crippen molar-refractivity contribution >= 4 is 12.6 Å².